The van der Waals surface area contributed by atoms with Crippen molar-refractivity contribution in [2.24, 2.45) is 0 Å². The Hall–Kier alpha value is -3.42. The molecule has 26 heavy (non-hydrogen) atoms. The summed E-state index contributed by atoms with van der Waals surface area (Å²) in [4.78, 5) is 33.6. The van der Waals surface area contributed by atoms with Crippen molar-refractivity contribution in [3.8, 4) is 0 Å². The fourth-order valence-electron chi connectivity index (χ4n) is 2.01. The van der Waals surface area contributed by atoms with E-state index in [1.165, 1.54) is 25.1 Å². The van der Waals surface area contributed by atoms with E-state index in [1.807, 2.05) is 19.1 Å². The minimum Gasteiger partial charge on any atom is -0.449 e. The fraction of sp³-hybridized carbons (Fsp3) is 0.222. The Morgan fingerprint density at radius 2 is 1.96 bits per heavy atom. The van der Waals surface area contributed by atoms with Crippen LogP contribution in [0.5, 0.6) is 0 Å². The van der Waals surface area contributed by atoms with Crippen LogP contribution < -0.4 is 5.32 Å². The molecule has 0 aliphatic carbocycles. The van der Waals surface area contributed by atoms with Crippen LogP contribution in [0.15, 0.2) is 46.9 Å². The molecule has 1 aromatic heterocycles. The highest BCUT2D eigenvalue weighted by Crippen LogP contribution is 2.16. The summed E-state index contributed by atoms with van der Waals surface area (Å²) in [5.41, 5.74) is 1.75. The van der Waals surface area contributed by atoms with Gasteiger partial charge in [0.05, 0.1) is 6.07 Å². The van der Waals surface area contributed by atoms with E-state index < -0.39 is 28.8 Å². The van der Waals surface area contributed by atoms with Gasteiger partial charge in [0, 0.05) is 11.8 Å². The lowest BCUT2D eigenvalue weighted by Crippen LogP contribution is -2.29. The number of aryl methyl sites for hydroxylation is 1. The molecular formula is C18H18N2O6. The molecule has 0 aliphatic rings. The number of anilines is 1. The van der Waals surface area contributed by atoms with Crippen LogP contribution in [0.1, 0.15) is 25.2 Å². The van der Waals surface area contributed by atoms with Crippen molar-refractivity contribution in [2.75, 3.05) is 5.32 Å². The van der Waals surface area contributed by atoms with Crippen molar-refractivity contribution in [1.29, 1.82) is 0 Å². The smallest absolute Gasteiger partial charge is 0.433 e. The molecule has 1 aromatic carbocycles. The van der Waals surface area contributed by atoms with Crippen LogP contribution in [0.3, 0.4) is 0 Å². The summed E-state index contributed by atoms with van der Waals surface area (Å²) in [5.74, 6) is -1.54. The van der Waals surface area contributed by atoms with E-state index in [0.29, 0.717) is 5.69 Å². The molecule has 2 rings (SSSR count). The first-order chi connectivity index (χ1) is 12.4. The van der Waals surface area contributed by atoms with Crippen molar-refractivity contribution in [1.82, 2.24) is 0 Å². The molecule has 1 amide bonds. The van der Waals surface area contributed by atoms with E-state index in [0.717, 1.165) is 18.1 Å². The largest absolute Gasteiger partial charge is 0.449 e. The number of ether oxygens (including phenoxy) is 1. The van der Waals surface area contributed by atoms with Crippen molar-refractivity contribution in [2.45, 2.75) is 26.4 Å². The van der Waals surface area contributed by atoms with Crippen molar-refractivity contribution in [3.05, 3.63) is 63.9 Å². The molecule has 1 N–H and O–H groups in total. The predicted molar refractivity (Wildman–Crippen MR) is 94.4 cm³/mol. The summed E-state index contributed by atoms with van der Waals surface area (Å²) in [6, 6.07) is 9.86. The molecule has 0 fully saturated rings. The summed E-state index contributed by atoms with van der Waals surface area (Å²) >= 11 is 0. The van der Waals surface area contributed by atoms with E-state index >= 15 is 0 Å². The summed E-state index contributed by atoms with van der Waals surface area (Å²) < 4.78 is 9.86. The highest BCUT2D eigenvalue weighted by Gasteiger charge is 2.17. The summed E-state index contributed by atoms with van der Waals surface area (Å²) in [6.45, 7) is 3.47. The van der Waals surface area contributed by atoms with Crippen LogP contribution in [-0.2, 0) is 20.7 Å². The third-order valence-corrected chi connectivity index (χ3v) is 3.47. The van der Waals surface area contributed by atoms with Gasteiger partial charge >= 0.3 is 11.9 Å². The van der Waals surface area contributed by atoms with Crippen molar-refractivity contribution >= 4 is 29.5 Å². The fourth-order valence-corrected chi connectivity index (χ4v) is 2.01. The number of nitrogens with one attached hydrogen (secondary N) is 1. The van der Waals surface area contributed by atoms with E-state index in [4.69, 9.17) is 9.15 Å². The lowest BCUT2D eigenvalue weighted by Gasteiger charge is -2.12. The molecule has 0 saturated carbocycles. The third kappa shape index (κ3) is 5.30. The molecule has 1 atom stereocenters. The van der Waals surface area contributed by atoms with Gasteiger partial charge in [-0.1, -0.05) is 19.1 Å². The van der Waals surface area contributed by atoms with Gasteiger partial charge in [0.2, 0.25) is 0 Å². The molecular weight excluding hydrogens is 340 g/mol. The minimum absolute atomic E-state index is 0.127. The Labute approximate surface area is 149 Å². The van der Waals surface area contributed by atoms with E-state index in [9.17, 15) is 19.7 Å². The van der Waals surface area contributed by atoms with Gasteiger partial charge in [0.1, 0.15) is 10.7 Å². The standard InChI is InChI=1S/C18H18N2O6/c1-3-13-4-6-14(7-5-13)19-18(22)12(2)25-17(21)11-9-15-8-10-16(26-15)20(23)24/h4-12H,3H2,1-2H3,(H,19,22)/b11-9+/t12-/m0/s1. The molecule has 1 heterocycles. The topological polar surface area (TPSA) is 112 Å². The molecule has 0 saturated heterocycles. The number of nitrogens with zero attached hydrogens (tertiary/aromatic N) is 1. The Balaban J connectivity index is 1.87. The number of rotatable bonds is 7. The average Bonchev–Trinajstić information content (AvgIpc) is 3.10. The number of benzene rings is 1. The first kappa shape index (κ1) is 18.9. The molecule has 0 aliphatic heterocycles. The molecule has 0 spiro atoms. The van der Waals surface area contributed by atoms with Gasteiger partial charge in [-0.2, -0.15) is 0 Å². The Bertz CT molecular complexity index is 822. The summed E-state index contributed by atoms with van der Waals surface area (Å²) in [7, 11) is 0. The number of carbonyl (C=O) groups is 2. The lowest BCUT2D eigenvalue weighted by atomic mass is 10.1. The number of nitro groups is 1. The van der Waals surface area contributed by atoms with Crippen molar-refractivity contribution in [3.63, 3.8) is 0 Å². The number of hydrogen-bond acceptors (Lipinski definition) is 6. The maximum Gasteiger partial charge on any atom is 0.433 e. The number of esters is 1. The van der Waals surface area contributed by atoms with Crippen LogP contribution >= 0.6 is 0 Å². The average molecular weight is 358 g/mol. The second kappa shape index (κ2) is 8.61. The monoisotopic (exact) mass is 358 g/mol. The Morgan fingerprint density at radius 1 is 1.27 bits per heavy atom. The molecule has 136 valence electrons. The molecule has 0 bridgehead atoms. The minimum atomic E-state index is -1.01. The van der Waals surface area contributed by atoms with Crippen LogP contribution in [0.2, 0.25) is 0 Å². The highest BCUT2D eigenvalue weighted by atomic mass is 16.6. The van der Waals surface area contributed by atoms with Gasteiger partial charge in [0.25, 0.3) is 5.91 Å². The molecule has 0 radical (unpaired) electrons. The van der Waals surface area contributed by atoms with Gasteiger partial charge in [-0.25, -0.2) is 4.79 Å². The van der Waals surface area contributed by atoms with E-state index in [2.05, 4.69) is 5.32 Å². The second-order valence-electron chi connectivity index (χ2n) is 5.39. The van der Waals surface area contributed by atoms with Gasteiger partial charge < -0.3 is 14.5 Å². The number of amides is 1. The lowest BCUT2D eigenvalue weighted by molar-refractivity contribution is -0.402. The highest BCUT2D eigenvalue weighted by molar-refractivity contribution is 5.96. The van der Waals surface area contributed by atoms with Gasteiger partial charge in [-0.15, -0.1) is 0 Å². The van der Waals surface area contributed by atoms with Crippen LogP contribution in [0, 0.1) is 10.1 Å². The van der Waals surface area contributed by atoms with E-state index in [1.54, 1.807) is 12.1 Å². The summed E-state index contributed by atoms with van der Waals surface area (Å²) in [5, 5.41) is 13.2. The maximum atomic E-state index is 12.0. The third-order valence-electron chi connectivity index (χ3n) is 3.47. The summed E-state index contributed by atoms with van der Waals surface area (Å²) in [6.07, 6.45) is 2.14. The van der Waals surface area contributed by atoms with Crippen molar-refractivity contribution < 1.29 is 23.7 Å². The zero-order chi connectivity index (χ0) is 19.1. The van der Waals surface area contributed by atoms with Crippen LogP contribution in [0.25, 0.3) is 6.08 Å². The van der Waals surface area contributed by atoms with Gasteiger partial charge in [0.15, 0.2) is 6.10 Å². The molecule has 0 unspecified atom stereocenters. The van der Waals surface area contributed by atoms with Gasteiger partial charge in [-0.05, 0) is 43.2 Å². The first-order valence-electron chi connectivity index (χ1n) is 7.91. The molecule has 8 nitrogen and oxygen atoms in total. The quantitative estimate of drug-likeness (QED) is 0.352. The Morgan fingerprint density at radius 3 is 2.54 bits per heavy atom. The zero-order valence-electron chi connectivity index (χ0n) is 14.3. The normalized spacial score (nSPS) is 11.9. The van der Waals surface area contributed by atoms with E-state index in [-0.39, 0.29) is 5.76 Å². The molecule has 2 aromatic rings. The zero-order valence-corrected chi connectivity index (χ0v) is 14.3. The Kier molecular flexibility index (Phi) is 6.26. The van der Waals surface area contributed by atoms with Crippen LogP contribution in [0.4, 0.5) is 11.6 Å². The predicted octanol–water partition coefficient (Wildman–Crippen LogP) is 3.33. The number of carbonyl (C=O) groups excluding carboxylic acids is 2. The molecule has 8 heteroatoms. The number of furan rings is 1. The first-order valence-corrected chi connectivity index (χ1v) is 7.91. The second-order valence-corrected chi connectivity index (χ2v) is 5.39. The number of hydrogen-bond donors (Lipinski definition) is 1. The van der Waals surface area contributed by atoms with Gasteiger partial charge in [-0.3, -0.25) is 14.9 Å². The maximum absolute atomic E-state index is 12.0. The SMILES string of the molecule is CCc1ccc(NC(=O)[C@H](C)OC(=O)/C=C/c2ccc([N+](=O)[O-])o2)cc1. The van der Waals surface area contributed by atoms with Crippen LogP contribution in [-0.4, -0.2) is 22.9 Å².